The lowest BCUT2D eigenvalue weighted by molar-refractivity contribution is -0.148. The molecule has 19 heavy (non-hydrogen) atoms. The summed E-state index contributed by atoms with van der Waals surface area (Å²) in [5.74, 6) is -0.885. The molecule has 0 aromatic rings. The molecule has 0 aromatic heterocycles. The van der Waals surface area contributed by atoms with Gasteiger partial charge in [-0.3, -0.25) is 0 Å². The Hall–Kier alpha value is -1.30. The van der Waals surface area contributed by atoms with Crippen molar-refractivity contribution >= 4 is 12.0 Å². The first-order chi connectivity index (χ1) is 8.99. The zero-order chi connectivity index (χ0) is 14.5. The van der Waals surface area contributed by atoms with E-state index in [0.717, 1.165) is 19.4 Å². The second-order valence-electron chi connectivity index (χ2n) is 5.11. The summed E-state index contributed by atoms with van der Waals surface area (Å²) in [6.07, 6.45) is 2.63. The maximum absolute atomic E-state index is 12.4. The Morgan fingerprint density at radius 1 is 1.47 bits per heavy atom. The summed E-state index contributed by atoms with van der Waals surface area (Å²) < 4.78 is 0. The van der Waals surface area contributed by atoms with E-state index >= 15 is 0 Å². The van der Waals surface area contributed by atoms with E-state index in [9.17, 15) is 14.7 Å². The Morgan fingerprint density at radius 2 is 2.16 bits per heavy atom. The first kappa shape index (κ1) is 15.8. The van der Waals surface area contributed by atoms with Gasteiger partial charge in [0.05, 0.1) is 0 Å². The van der Waals surface area contributed by atoms with Crippen LogP contribution in [0.1, 0.15) is 32.6 Å². The molecule has 1 aliphatic heterocycles. The molecule has 6 heteroatoms. The van der Waals surface area contributed by atoms with Gasteiger partial charge in [0.15, 0.2) is 0 Å². The topological polar surface area (TPSA) is 72.9 Å². The minimum atomic E-state index is -1.01. The Bertz CT molecular complexity index is 335. The number of amides is 2. The van der Waals surface area contributed by atoms with Gasteiger partial charge in [-0.25, -0.2) is 9.59 Å². The highest BCUT2D eigenvalue weighted by Crippen LogP contribution is 2.33. The van der Waals surface area contributed by atoms with Crippen LogP contribution in [0.2, 0.25) is 0 Å². The monoisotopic (exact) mass is 271 g/mol. The number of likely N-dealkylation sites (tertiary alicyclic amines) is 1. The summed E-state index contributed by atoms with van der Waals surface area (Å²) >= 11 is 0. The lowest BCUT2D eigenvalue weighted by Crippen LogP contribution is -2.56. The zero-order valence-electron chi connectivity index (χ0n) is 12.1. The highest BCUT2D eigenvalue weighted by Gasteiger charge is 2.49. The highest BCUT2D eigenvalue weighted by molar-refractivity contribution is 5.87. The Kier molecular flexibility index (Phi) is 5.60. The first-order valence-corrected chi connectivity index (χ1v) is 6.90. The van der Waals surface area contributed by atoms with Crippen LogP contribution in [0.5, 0.6) is 0 Å². The van der Waals surface area contributed by atoms with Gasteiger partial charge in [0.25, 0.3) is 0 Å². The third-order valence-corrected chi connectivity index (χ3v) is 3.95. The Morgan fingerprint density at radius 3 is 2.68 bits per heavy atom. The standard InChI is InChI=1S/C13H25N3O3/c1-4-13(11(17)18)7-5-10-16(13)12(19)15(3)9-6-8-14-2/h14H,4-10H2,1-3H3,(H,17,18). The second kappa shape index (κ2) is 6.75. The number of urea groups is 1. The van der Waals surface area contributed by atoms with Crippen molar-refractivity contribution in [3.8, 4) is 0 Å². The van der Waals surface area contributed by atoms with E-state index in [2.05, 4.69) is 5.32 Å². The van der Waals surface area contributed by atoms with Crippen molar-refractivity contribution in [3.63, 3.8) is 0 Å². The van der Waals surface area contributed by atoms with Crippen molar-refractivity contribution in [1.29, 1.82) is 0 Å². The molecule has 0 saturated carbocycles. The Labute approximate surface area is 114 Å². The summed E-state index contributed by atoms with van der Waals surface area (Å²) in [4.78, 5) is 27.1. The van der Waals surface area contributed by atoms with E-state index in [0.29, 0.717) is 25.9 Å². The number of hydrogen-bond donors (Lipinski definition) is 2. The number of aliphatic carboxylic acids is 1. The van der Waals surface area contributed by atoms with Crippen LogP contribution in [0, 0.1) is 0 Å². The molecule has 1 heterocycles. The molecular weight excluding hydrogens is 246 g/mol. The molecule has 6 nitrogen and oxygen atoms in total. The van der Waals surface area contributed by atoms with Gasteiger partial charge in [-0.2, -0.15) is 0 Å². The molecule has 2 amide bonds. The average molecular weight is 271 g/mol. The third-order valence-electron chi connectivity index (χ3n) is 3.95. The van der Waals surface area contributed by atoms with E-state index in [1.165, 1.54) is 4.90 Å². The van der Waals surface area contributed by atoms with Crippen LogP contribution < -0.4 is 5.32 Å². The van der Waals surface area contributed by atoms with E-state index in [1.54, 1.807) is 11.9 Å². The van der Waals surface area contributed by atoms with Gasteiger partial charge in [-0.15, -0.1) is 0 Å². The first-order valence-electron chi connectivity index (χ1n) is 6.90. The van der Waals surface area contributed by atoms with Crippen molar-refractivity contribution in [2.24, 2.45) is 0 Å². The number of carbonyl (C=O) groups is 2. The number of carboxylic acid groups (broad SMARTS) is 1. The van der Waals surface area contributed by atoms with Crippen molar-refractivity contribution in [2.75, 3.05) is 33.7 Å². The lowest BCUT2D eigenvalue weighted by atomic mass is 9.93. The molecule has 110 valence electrons. The van der Waals surface area contributed by atoms with Crippen LogP contribution in [-0.4, -0.2) is 66.2 Å². The number of hydrogen-bond acceptors (Lipinski definition) is 3. The van der Waals surface area contributed by atoms with Crippen LogP contribution in [-0.2, 0) is 4.79 Å². The number of nitrogens with zero attached hydrogens (tertiary/aromatic N) is 2. The predicted molar refractivity (Wildman–Crippen MR) is 73.2 cm³/mol. The predicted octanol–water partition coefficient (Wildman–Crippen LogP) is 0.977. The quantitative estimate of drug-likeness (QED) is 0.706. The number of nitrogens with one attached hydrogen (secondary N) is 1. The van der Waals surface area contributed by atoms with Crippen molar-refractivity contribution in [2.45, 2.75) is 38.1 Å². The van der Waals surface area contributed by atoms with Crippen LogP contribution >= 0.6 is 0 Å². The highest BCUT2D eigenvalue weighted by atomic mass is 16.4. The van der Waals surface area contributed by atoms with Crippen molar-refractivity contribution in [3.05, 3.63) is 0 Å². The summed E-state index contributed by atoms with van der Waals surface area (Å²) in [5, 5.41) is 12.5. The van der Waals surface area contributed by atoms with E-state index < -0.39 is 11.5 Å². The van der Waals surface area contributed by atoms with Gasteiger partial charge in [-0.05, 0) is 39.3 Å². The molecule has 0 spiro atoms. The molecule has 1 aliphatic rings. The molecule has 0 bridgehead atoms. The fourth-order valence-corrected chi connectivity index (χ4v) is 2.69. The number of carbonyl (C=O) groups excluding carboxylic acids is 1. The number of rotatable bonds is 6. The third kappa shape index (κ3) is 3.18. The normalized spacial score (nSPS) is 22.6. The molecule has 1 atom stereocenters. The molecule has 1 fully saturated rings. The van der Waals surface area contributed by atoms with Gasteiger partial charge >= 0.3 is 12.0 Å². The minimum absolute atomic E-state index is 0.169. The van der Waals surface area contributed by atoms with E-state index in [4.69, 9.17) is 0 Å². The molecule has 0 aliphatic carbocycles. The summed E-state index contributed by atoms with van der Waals surface area (Å²) in [7, 11) is 3.60. The average Bonchev–Trinajstić information content (AvgIpc) is 2.82. The molecular formula is C13H25N3O3. The molecule has 0 aromatic carbocycles. The maximum atomic E-state index is 12.4. The summed E-state index contributed by atoms with van der Waals surface area (Å²) in [5.41, 5.74) is -1.01. The van der Waals surface area contributed by atoms with Gasteiger partial charge in [0.1, 0.15) is 5.54 Å². The van der Waals surface area contributed by atoms with Crippen LogP contribution in [0.4, 0.5) is 4.79 Å². The fraction of sp³-hybridized carbons (Fsp3) is 0.846. The molecule has 1 rings (SSSR count). The van der Waals surface area contributed by atoms with Crippen LogP contribution in [0.15, 0.2) is 0 Å². The van der Waals surface area contributed by atoms with E-state index in [-0.39, 0.29) is 6.03 Å². The van der Waals surface area contributed by atoms with Crippen LogP contribution in [0.25, 0.3) is 0 Å². The van der Waals surface area contributed by atoms with Gasteiger partial charge in [0.2, 0.25) is 0 Å². The minimum Gasteiger partial charge on any atom is -0.479 e. The lowest BCUT2D eigenvalue weighted by Gasteiger charge is -2.36. The largest absolute Gasteiger partial charge is 0.479 e. The van der Waals surface area contributed by atoms with Gasteiger partial charge in [-0.1, -0.05) is 6.92 Å². The van der Waals surface area contributed by atoms with Crippen LogP contribution in [0.3, 0.4) is 0 Å². The molecule has 1 saturated heterocycles. The zero-order valence-corrected chi connectivity index (χ0v) is 12.1. The SMILES string of the molecule is CCC1(C(=O)O)CCCN1C(=O)N(C)CCCNC. The Balaban J connectivity index is 2.71. The molecule has 0 radical (unpaired) electrons. The molecule has 1 unspecified atom stereocenters. The molecule has 2 N–H and O–H groups in total. The van der Waals surface area contributed by atoms with E-state index in [1.807, 2.05) is 14.0 Å². The number of carboxylic acids is 1. The smallest absolute Gasteiger partial charge is 0.329 e. The summed E-state index contributed by atoms with van der Waals surface area (Å²) in [6.45, 7) is 3.85. The fourth-order valence-electron chi connectivity index (χ4n) is 2.69. The van der Waals surface area contributed by atoms with Crippen molar-refractivity contribution < 1.29 is 14.7 Å². The second-order valence-corrected chi connectivity index (χ2v) is 5.11. The van der Waals surface area contributed by atoms with Crippen molar-refractivity contribution in [1.82, 2.24) is 15.1 Å². The van der Waals surface area contributed by atoms with Gasteiger partial charge < -0.3 is 20.2 Å². The summed E-state index contributed by atoms with van der Waals surface area (Å²) in [6, 6.07) is -0.169. The maximum Gasteiger partial charge on any atom is 0.329 e. The van der Waals surface area contributed by atoms with Gasteiger partial charge in [0, 0.05) is 20.1 Å².